The van der Waals surface area contributed by atoms with Crippen molar-refractivity contribution in [1.29, 1.82) is 0 Å². The van der Waals surface area contributed by atoms with Gasteiger partial charge in [0.1, 0.15) is 12.4 Å². The van der Waals surface area contributed by atoms with Gasteiger partial charge in [0.2, 0.25) is 0 Å². The highest BCUT2D eigenvalue weighted by atomic mass is 16.5. The third kappa shape index (κ3) is 4.98. The van der Waals surface area contributed by atoms with E-state index in [1.807, 2.05) is 29.2 Å². The van der Waals surface area contributed by atoms with Gasteiger partial charge in [0.15, 0.2) is 11.6 Å². The molecule has 8 nitrogen and oxygen atoms in total. The van der Waals surface area contributed by atoms with E-state index in [0.29, 0.717) is 55.4 Å². The average molecular weight is 516 g/mol. The molecule has 196 valence electrons. The minimum Gasteiger partial charge on any atom is -0.489 e. The van der Waals surface area contributed by atoms with Crippen molar-refractivity contribution in [3.63, 3.8) is 0 Å². The average Bonchev–Trinajstić information content (AvgIpc) is 2.91. The minimum absolute atomic E-state index is 0.0200. The summed E-state index contributed by atoms with van der Waals surface area (Å²) >= 11 is 0. The lowest BCUT2D eigenvalue weighted by atomic mass is 9.71. The quantitative estimate of drug-likeness (QED) is 0.512. The topological polar surface area (TPSA) is 121 Å². The molecule has 1 heterocycles. The Bertz CT molecular complexity index is 1310. The summed E-state index contributed by atoms with van der Waals surface area (Å²) in [4.78, 5) is 50.9. The molecule has 0 bridgehead atoms. The van der Waals surface area contributed by atoms with E-state index in [-0.39, 0.29) is 36.7 Å². The van der Waals surface area contributed by atoms with Crippen LogP contribution in [0.25, 0.3) is 0 Å². The van der Waals surface area contributed by atoms with Crippen LogP contribution >= 0.6 is 0 Å². The van der Waals surface area contributed by atoms with Crippen LogP contribution in [0.2, 0.25) is 0 Å². The molecule has 1 aliphatic heterocycles. The maximum Gasteiger partial charge on any atom is 0.335 e. The Kier molecular flexibility index (Phi) is 7.13. The zero-order valence-corrected chi connectivity index (χ0v) is 20.9. The van der Waals surface area contributed by atoms with Crippen molar-refractivity contribution in [2.24, 2.45) is 0 Å². The van der Waals surface area contributed by atoms with Gasteiger partial charge in [-0.3, -0.25) is 14.4 Å². The molecule has 0 amide bonds. The molecule has 2 aromatic rings. The first-order valence-corrected chi connectivity index (χ1v) is 12.9. The lowest BCUT2D eigenvalue weighted by Crippen LogP contribution is -2.39. The molecule has 5 rings (SSSR count). The molecule has 0 spiro atoms. The summed E-state index contributed by atoms with van der Waals surface area (Å²) in [5.41, 5.74) is 4.87. The number of rotatable bonds is 8. The Morgan fingerprint density at radius 1 is 0.816 bits per heavy atom. The molecule has 2 aromatic carbocycles. The number of Topliss-reactive ketones (excluding diaryl/α,β-unsaturated/α-hetero) is 2. The Morgan fingerprint density at radius 3 is 1.92 bits per heavy atom. The minimum atomic E-state index is -0.981. The number of ketones is 2. The summed E-state index contributed by atoms with van der Waals surface area (Å²) in [7, 11) is 0. The normalized spacial score (nSPS) is 17.8. The third-order valence-electron chi connectivity index (χ3n) is 7.46. The summed E-state index contributed by atoms with van der Waals surface area (Å²) < 4.78 is 5.89. The maximum absolute atomic E-state index is 13.3. The number of carbonyl (C=O) groups is 4. The van der Waals surface area contributed by atoms with E-state index in [0.717, 1.165) is 22.5 Å². The van der Waals surface area contributed by atoms with Crippen LogP contribution < -0.4 is 4.74 Å². The molecule has 0 radical (unpaired) electrons. The molecular formula is C30H29NO7. The summed E-state index contributed by atoms with van der Waals surface area (Å²) in [6, 6.07) is 13.9. The van der Waals surface area contributed by atoms with Crippen molar-refractivity contribution < 1.29 is 34.1 Å². The molecule has 0 saturated carbocycles. The third-order valence-corrected chi connectivity index (χ3v) is 7.46. The zero-order chi connectivity index (χ0) is 26.8. The molecular weight excluding hydrogens is 486 g/mol. The molecule has 2 N–H and O–H groups in total. The van der Waals surface area contributed by atoms with E-state index in [1.165, 1.54) is 12.1 Å². The summed E-state index contributed by atoms with van der Waals surface area (Å²) in [5, 5.41) is 18.4. The first kappa shape index (κ1) is 25.4. The molecule has 3 aliphatic rings. The smallest absolute Gasteiger partial charge is 0.335 e. The SMILES string of the molecule is O=C(O)CCN1C2=C(C(=O)CCC2)C(c2ccc(OCc3ccc(C(=O)O)cc3)cc2)C2=C1CCCC2=O. The van der Waals surface area contributed by atoms with Crippen molar-refractivity contribution in [3.05, 3.63) is 87.8 Å². The Balaban J connectivity index is 1.44. The van der Waals surface area contributed by atoms with Gasteiger partial charge >= 0.3 is 11.9 Å². The van der Waals surface area contributed by atoms with Crippen LogP contribution in [0, 0.1) is 0 Å². The number of hydrogen-bond acceptors (Lipinski definition) is 6. The van der Waals surface area contributed by atoms with Gasteiger partial charge in [0.25, 0.3) is 0 Å². The van der Waals surface area contributed by atoms with Crippen molar-refractivity contribution >= 4 is 23.5 Å². The maximum atomic E-state index is 13.3. The van der Waals surface area contributed by atoms with E-state index in [2.05, 4.69) is 0 Å². The van der Waals surface area contributed by atoms with E-state index < -0.39 is 17.9 Å². The van der Waals surface area contributed by atoms with Crippen molar-refractivity contribution in [2.75, 3.05) is 6.54 Å². The highest BCUT2D eigenvalue weighted by Crippen LogP contribution is 2.49. The van der Waals surface area contributed by atoms with Crippen LogP contribution in [0.1, 0.15) is 72.3 Å². The predicted octanol–water partition coefficient (Wildman–Crippen LogP) is 4.85. The standard InChI is InChI=1S/C30H29NO7/c32-24-5-1-3-22-28(24)27(29-23(4-2-6-25(29)33)31(22)16-15-26(34)35)19-11-13-21(14-12-19)38-17-18-7-9-20(10-8-18)30(36)37/h7-14,27H,1-6,15-17H2,(H,34,35)(H,36,37). The monoisotopic (exact) mass is 515 g/mol. The Labute approximate surface area is 220 Å². The Morgan fingerprint density at radius 2 is 1.39 bits per heavy atom. The fraction of sp³-hybridized carbons (Fsp3) is 0.333. The number of aliphatic carboxylic acids is 1. The fourth-order valence-corrected chi connectivity index (χ4v) is 5.69. The molecule has 0 aromatic heterocycles. The Hall–Kier alpha value is -4.20. The summed E-state index contributed by atoms with van der Waals surface area (Å²) in [6.45, 7) is 0.517. The van der Waals surface area contributed by atoms with E-state index >= 15 is 0 Å². The number of allylic oxidation sites excluding steroid dienone is 4. The van der Waals surface area contributed by atoms with Crippen LogP contribution in [0.3, 0.4) is 0 Å². The second-order valence-electron chi connectivity index (χ2n) is 9.86. The first-order valence-electron chi connectivity index (χ1n) is 12.9. The van der Waals surface area contributed by atoms with Gasteiger partial charge < -0.3 is 19.8 Å². The highest BCUT2D eigenvalue weighted by molar-refractivity contribution is 6.06. The molecule has 8 heteroatoms. The molecule has 2 aliphatic carbocycles. The lowest BCUT2D eigenvalue weighted by Gasteiger charge is -2.44. The van der Waals surface area contributed by atoms with Crippen LogP contribution in [0.5, 0.6) is 5.75 Å². The van der Waals surface area contributed by atoms with Crippen LogP contribution in [0.4, 0.5) is 0 Å². The number of carbonyl (C=O) groups excluding carboxylic acids is 2. The first-order chi connectivity index (χ1) is 18.3. The molecule has 0 atom stereocenters. The van der Waals surface area contributed by atoms with E-state index in [9.17, 15) is 24.3 Å². The number of carboxylic acids is 2. The van der Waals surface area contributed by atoms with Crippen molar-refractivity contribution in [1.82, 2.24) is 4.90 Å². The van der Waals surface area contributed by atoms with Crippen LogP contribution in [0.15, 0.2) is 71.1 Å². The number of nitrogens with zero attached hydrogens (tertiary/aromatic N) is 1. The number of ether oxygens (including phenoxy) is 1. The second kappa shape index (κ2) is 10.7. The predicted molar refractivity (Wildman–Crippen MR) is 138 cm³/mol. The van der Waals surface area contributed by atoms with Gasteiger partial charge in [-0.25, -0.2) is 4.79 Å². The van der Waals surface area contributed by atoms with Crippen molar-refractivity contribution in [2.45, 2.75) is 57.5 Å². The van der Waals surface area contributed by atoms with Gasteiger partial charge in [-0.2, -0.15) is 0 Å². The second-order valence-corrected chi connectivity index (χ2v) is 9.86. The lowest BCUT2D eigenvalue weighted by molar-refractivity contribution is -0.137. The fourth-order valence-electron chi connectivity index (χ4n) is 5.69. The van der Waals surface area contributed by atoms with Gasteiger partial charge in [0.05, 0.1) is 12.0 Å². The summed E-state index contributed by atoms with van der Waals surface area (Å²) in [6.07, 6.45) is 3.57. The molecule has 0 saturated heterocycles. The molecule has 38 heavy (non-hydrogen) atoms. The summed E-state index contributed by atoms with van der Waals surface area (Å²) in [5.74, 6) is -1.69. The molecule has 0 unspecified atom stereocenters. The number of hydrogen-bond donors (Lipinski definition) is 2. The van der Waals surface area contributed by atoms with Gasteiger partial charge in [-0.1, -0.05) is 24.3 Å². The van der Waals surface area contributed by atoms with Gasteiger partial charge in [-0.15, -0.1) is 0 Å². The number of aromatic carboxylic acids is 1. The van der Waals surface area contributed by atoms with Crippen LogP contribution in [-0.4, -0.2) is 45.2 Å². The van der Waals surface area contributed by atoms with E-state index in [1.54, 1.807) is 12.1 Å². The van der Waals surface area contributed by atoms with Crippen LogP contribution in [-0.2, 0) is 21.0 Å². The van der Waals surface area contributed by atoms with Gasteiger partial charge in [0, 0.05) is 47.8 Å². The largest absolute Gasteiger partial charge is 0.489 e. The zero-order valence-electron chi connectivity index (χ0n) is 20.9. The number of benzene rings is 2. The van der Waals surface area contributed by atoms with Gasteiger partial charge in [-0.05, 0) is 61.1 Å². The molecule has 0 fully saturated rings. The highest BCUT2D eigenvalue weighted by Gasteiger charge is 2.43. The van der Waals surface area contributed by atoms with E-state index in [4.69, 9.17) is 9.84 Å². The number of carboxylic acid groups (broad SMARTS) is 2. The van der Waals surface area contributed by atoms with Crippen molar-refractivity contribution in [3.8, 4) is 5.75 Å².